The number of hydrogen-bond donors (Lipinski definition) is 2. The van der Waals surface area contributed by atoms with E-state index in [-0.39, 0.29) is 0 Å². The summed E-state index contributed by atoms with van der Waals surface area (Å²) in [5.41, 5.74) is 2.99. The van der Waals surface area contributed by atoms with Crippen molar-refractivity contribution in [3.63, 3.8) is 0 Å². The number of fused-ring (bicyclic) bond motifs is 1. The standard InChI is InChI=1S/C32H30O5/c33-28-21-27(35-31(34,23-13-5-1-6-14-23)24-15-7-2-8-16-24)22-29-30(28)37-32(36-29,25-17-9-3-10-18-25)26-19-11-4-12-20-26/h1-20,27-30,33-34H,21-22H2. The van der Waals surface area contributed by atoms with Crippen molar-refractivity contribution in [1.29, 1.82) is 0 Å². The highest BCUT2D eigenvalue weighted by molar-refractivity contribution is 5.36. The van der Waals surface area contributed by atoms with Crippen molar-refractivity contribution in [3.05, 3.63) is 144 Å². The number of rotatable bonds is 6. The number of aliphatic hydroxyl groups excluding tert-OH is 1. The third-order valence-corrected chi connectivity index (χ3v) is 7.34. The van der Waals surface area contributed by atoms with E-state index >= 15 is 0 Å². The average Bonchev–Trinajstić information content (AvgIpc) is 3.36. The molecule has 2 fully saturated rings. The van der Waals surface area contributed by atoms with Crippen molar-refractivity contribution in [2.24, 2.45) is 0 Å². The number of benzene rings is 4. The summed E-state index contributed by atoms with van der Waals surface area (Å²) in [5, 5.41) is 23.2. The normalized spacial score (nSPS) is 24.9. The zero-order valence-electron chi connectivity index (χ0n) is 20.4. The number of ether oxygens (including phenoxy) is 3. The minimum absolute atomic E-state index is 0.312. The third kappa shape index (κ3) is 4.39. The van der Waals surface area contributed by atoms with Crippen LogP contribution in [-0.2, 0) is 25.8 Å². The first kappa shape index (κ1) is 24.0. The first-order valence-electron chi connectivity index (χ1n) is 12.7. The van der Waals surface area contributed by atoms with Crippen molar-refractivity contribution in [1.82, 2.24) is 0 Å². The number of aliphatic hydroxyl groups is 2. The van der Waals surface area contributed by atoms with Gasteiger partial charge in [-0.2, -0.15) is 0 Å². The molecule has 1 saturated heterocycles. The van der Waals surface area contributed by atoms with Gasteiger partial charge in [-0.15, -0.1) is 0 Å². The molecule has 4 aromatic carbocycles. The molecule has 1 heterocycles. The highest BCUT2D eigenvalue weighted by Gasteiger charge is 2.55. The Balaban J connectivity index is 1.32. The lowest BCUT2D eigenvalue weighted by molar-refractivity contribution is -0.230. The molecule has 1 aliphatic heterocycles. The molecule has 188 valence electrons. The zero-order chi connectivity index (χ0) is 25.3. The second kappa shape index (κ2) is 9.86. The first-order chi connectivity index (χ1) is 18.1. The van der Waals surface area contributed by atoms with Crippen LogP contribution in [0.3, 0.4) is 0 Å². The molecule has 6 rings (SSSR count). The van der Waals surface area contributed by atoms with Gasteiger partial charge in [0.25, 0.3) is 0 Å². The van der Waals surface area contributed by atoms with Gasteiger partial charge >= 0.3 is 0 Å². The van der Waals surface area contributed by atoms with E-state index in [2.05, 4.69) is 0 Å². The van der Waals surface area contributed by atoms with Crippen LogP contribution in [0.15, 0.2) is 121 Å². The van der Waals surface area contributed by atoms with Gasteiger partial charge in [-0.25, -0.2) is 0 Å². The smallest absolute Gasteiger partial charge is 0.223 e. The van der Waals surface area contributed by atoms with Crippen LogP contribution in [0.25, 0.3) is 0 Å². The lowest BCUT2D eigenvalue weighted by Gasteiger charge is -2.39. The van der Waals surface area contributed by atoms with Crippen LogP contribution >= 0.6 is 0 Å². The molecule has 2 N–H and O–H groups in total. The summed E-state index contributed by atoms with van der Waals surface area (Å²) in [6.45, 7) is 0. The molecule has 37 heavy (non-hydrogen) atoms. The van der Waals surface area contributed by atoms with Crippen LogP contribution in [0, 0.1) is 0 Å². The SMILES string of the molecule is OC1CC(OC(O)(c2ccccc2)c2ccccc2)CC2OC(c3ccccc3)(c3ccccc3)OC12. The van der Waals surface area contributed by atoms with Crippen LogP contribution in [0.5, 0.6) is 0 Å². The quantitative estimate of drug-likeness (QED) is 0.365. The van der Waals surface area contributed by atoms with Crippen LogP contribution < -0.4 is 0 Å². The summed E-state index contributed by atoms with van der Waals surface area (Å²) in [7, 11) is 0. The van der Waals surface area contributed by atoms with Gasteiger partial charge < -0.3 is 24.4 Å². The minimum Gasteiger partial charge on any atom is -0.390 e. The lowest BCUT2D eigenvalue weighted by atomic mass is 9.89. The molecule has 4 atom stereocenters. The maximum absolute atomic E-state index is 11.9. The molecule has 1 aliphatic carbocycles. The van der Waals surface area contributed by atoms with Crippen LogP contribution in [-0.4, -0.2) is 34.6 Å². The largest absolute Gasteiger partial charge is 0.390 e. The zero-order valence-corrected chi connectivity index (χ0v) is 20.4. The molecule has 4 unspecified atom stereocenters. The van der Waals surface area contributed by atoms with E-state index in [4.69, 9.17) is 14.2 Å². The van der Waals surface area contributed by atoms with Gasteiger partial charge in [0.05, 0.1) is 18.3 Å². The highest BCUT2D eigenvalue weighted by Crippen LogP contribution is 2.48. The molecule has 0 spiro atoms. The van der Waals surface area contributed by atoms with Gasteiger partial charge in [-0.1, -0.05) is 121 Å². The predicted molar refractivity (Wildman–Crippen MR) is 139 cm³/mol. The summed E-state index contributed by atoms with van der Waals surface area (Å²) in [6, 6.07) is 38.3. The molecular formula is C32H30O5. The fraction of sp³-hybridized carbons (Fsp3) is 0.250. The van der Waals surface area contributed by atoms with Crippen LogP contribution in [0.4, 0.5) is 0 Å². The van der Waals surface area contributed by atoms with Crippen molar-refractivity contribution < 1.29 is 24.4 Å². The molecule has 1 saturated carbocycles. The Bertz CT molecular complexity index is 1220. The fourth-order valence-electron chi connectivity index (χ4n) is 5.57. The third-order valence-electron chi connectivity index (χ3n) is 7.34. The van der Waals surface area contributed by atoms with Gasteiger partial charge in [-0.05, 0) is 0 Å². The Hall–Kier alpha value is -3.32. The molecule has 0 amide bonds. The summed E-state index contributed by atoms with van der Waals surface area (Å²) in [4.78, 5) is 0. The van der Waals surface area contributed by atoms with Crippen LogP contribution in [0.1, 0.15) is 35.1 Å². The molecule has 5 nitrogen and oxygen atoms in total. The lowest BCUT2D eigenvalue weighted by Crippen LogP contribution is -2.48. The Kier molecular flexibility index (Phi) is 6.41. The fourth-order valence-corrected chi connectivity index (χ4v) is 5.57. The van der Waals surface area contributed by atoms with Gasteiger partial charge in [0.2, 0.25) is 11.6 Å². The van der Waals surface area contributed by atoms with E-state index in [0.717, 1.165) is 11.1 Å². The molecule has 4 aromatic rings. The Morgan fingerprint density at radius 3 is 1.59 bits per heavy atom. The van der Waals surface area contributed by atoms with Crippen molar-refractivity contribution in [2.45, 2.75) is 48.8 Å². The van der Waals surface area contributed by atoms with E-state index < -0.39 is 36.0 Å². The Morgan fingerprint density at radius 2 is 1.11 bits per heavy atom. The maximum Gasteiger partial charge on any atom is 0.223 e. The molecule has 2 aliphatic rings. The van der Waals surface area contributed by atoms with Gasteiger partial charge in [0, 0.05) is 35.1 Å². The van der Waals surface area contributed by atoms with E-state index in [1.807, 2.05) is 121 Å². The summed E-state index contributed by atoms with van der Waals surface area (Å²) < 4.78 is 19.8. The Labute approximate surface area is 216 Å². The molecule has 0 aromatic heterocycles. The van der Waals surface area contributed by atoms with E-state index in [1.54, 1.807) is 0 Å². The maximum atomic E-state index is 11.9. The molecule has 5 heteroatoms. The minimum atomic E-state index is -1.67. The number of hydrogen-bond acceptors (Lipinski definition) is 5. The topological polar surface area (TPSA) is 68.2 Å². The van der Waals surface area contributed by atoms with Crippen molar-refractivity contribution in [2.75, 3.05) is 0 Å². The molecule has 0 radical (unpaired) electrons. The van der Waals surface area contributed by atoms with Crippen molar-refractivity contribution >= 4 is 0 Å². The highest BCUT2D eigenvalue weighted by atomic mass is 16.8. The summed E-state index contributed by atoms with van der Waals surface area (Å²) in [5.74, 6) is -2.81. The summed E-state index contributed by atoms with van der Waals surface area (Å²) in [6.07, 6.45) is -1.47. The van der Waals surface area contributed by atoms with Gasteiger partial charge in [0.15, 0.2) is 0 Å². The van der Waals surface area contributed by atoms with Crippen molar-refractivity contribution in [3.8, 4) is 0 Å². The van der Waals surface area contributed by atoms with E-state index in [0.29, 0.717) is 24.0 Å². The van der Waals surface area contributed by atoms with Gasteiger partial charge in [-0.3, -0.25) is 0 Å². The van der Waals surface area contributed by atoms with E-state index in [1.165, 1.54) is 0 Å². The van der Waals surface area contributed by atoms with E-state index in [9.17, 15) is 10.2 Å². The monoisotopic (exact) mass is 494 g/mol. The Morgan fingerprint density at radius 1 is 0.649 bits per heavy atom. The van der Waals surface area contributed by atoms with Gasteiger partial charge in [0.1, 0.15) is 6.10 Å². The average molecular weight is 495 g/mol. The molecular weight excluding hydrogens is 464 g/mol. The second-order valence-corrected chi connectivity index (χ2v) is 9.74. The first-order valence-corrected chi connectivity index (χ1v) is 12.7. The predicted octanol–water partition coefficient (Wildman–Crippen LogP) is 5.11. The molecule has 0 bridgehead atoms. The summed E-state index contributed by atoms with van der Waals surface area (Å²) >= 11 is 0. The van der Waals surface area contributed by atoms with Crippen LogP contribution in [0.2, 0.25) is 0 Å². The second-order valence-electron chi connectivity index (χ2n) is 9.74.